The van der Waals surface area contributed by atoms with E-state index in [1.54, 1.807) is 0 Å². The third-order valence-electron chi connectivity index (χ3n) is 2.50. The molecule has 0 aromatic carbocycles. The second-order valence-electron chi connectivity index (χ2n) is 3.64. The van der Waals surface area contributed by atoms with Crippen LogP contribution in [0.4, 0.5) is 0 Å². The molecule has 1 fully saturated rings. The summed E-state index contributed by atoms with van der Waals surface area (Å²) in [5.41, 5.74) is 0. The second-order valence-corrected chi connectivity index (χ2v) is 3.64. The minimum atomic E-state index is -0.170. The summed E-state index contributed by atoms with van der Waals surface area (Å²) in [5.74, 6) is 0. The van der Waals surface area contributed by atoms with E-state index < -0.39 is 0 Å². The lowest BCUT2D eigenvalue weighted by molar-refractivity contribution is -0.164. The largest absolute Gasteiger partial charge is 0.388 e. The van der Waals surface area contributed by atoms with Crippen molar-refractivity contribution in [2.75, 3.05) is 6.61 Å². The van der Waals surface area contributed by atoms with Crippen LogP contribution >= 0.6 is 0 Å². The van der Waals surface area contributed by atoms with E-state index >= 15 is 0 Å². The summed E-state index contributed by atoms with van der Waals surface area (Å²) < 4.78 is 5.20. The van der Waals surface area contributed by atoms with Crippen molar-refractivity contribution >= 4 is 0 Å². The average molecular weight is 172 g/mol. The quantitative estimate of drug-likeness (QED) is 0.622. The van der Waals surface area contributed by atoms with Crippen molar-refractivity contribution in [3.05, 3.63) is 0 Å². The molecule has 0 aromatic heterocycles. The van der Waals surface area contributed by atoms with Gasteiger partial charge in [0.2, 0.25) is 0 Å². The minimum Gasteiger partial charge on any atom is -0.388 e. The molecule has 0 aromatic rings. The van der Waals surface area contributed by atoms with Gasteiger partial charge in [-0.2, -0.15) is 0 Å². The van der Waals surface area contributed by atoms with E-state index in [4.69, 9.17) is 4.74 Å². The molecule has 0 radical (unpaired) electrons. The van der Waals surface area contributed by atoms with Crippen molar-refractivity contribution in [3.63, 3.8) is 0 Å². The molecule has 0 saturated carbocycles. The fraction of sp³-hybridized carbons (Fsp3) is 1.00. The van der Waals surface area contributed by atoms with Crippen LogP contribution in [0, 0.1) is 0 Å². The Morgan fingerprint density at radius 3 is 2.50 bits per heavy atom. The minimum absolute atomic E-state index is 0.159. The zero-order valence-corrected chi connectivity index (χ0v) is 7.96. The number of unbranched alkanes of at least 4 members (excludes halogenated alkanes) is 4. The molecule has 0 spiro atoms. The lowest BCUT2D eigenvalue weighted by Gasteiger charge is -2.32. The highest BCUT2D eigenvalue weighted by Crippen LogP contribution is 2.19. The van der Waals surface area contributed by atoms with Crippen LogP contribution in [0.25, 0.3) is 0 Å². The van der Waals surface area contributed by atoms with Crippen LogP contribution in [-0.2, 0) is 4.74 Å². The Kier molecular flexibility index (Phi) is 4.62. The Morgan fingerprint density at radius 1 is 1.25 bits per heavy atom. The Bertz CT molecular complexity index is 114. The Balaban J connectivity index is 1.82. The van der Waals surface area contributed by atoms with Gasteiger partial charge in [0, 0.05) is 0 Å². The Labute approximate surface area is 74.9 Å². The third kappa shape index (κ3) is 3.11. The van der Waals surface area contributed by atoms with Gasteiger partial charge in [0.05, 0.1) is 12.7 Å². The average Bonchev–Trinajstić information content (AvgIpc) is 2.08. The summed E-state index contributed by atoms with van der Waals surface area (Å²) in [6.07, 6.45) is 7.51. The van der Waals surface area contributed by atoms with Crippen LogP contribution in [0.2, 0.25) is 0 Å². The van der Waals surface area contributed by atoms with E-state index in [1.165, 1.54) is 32.1 Å². The highest BCUT2D eigenvalue weighted by atomic mass is 16.5. The molecule has 2 heteroatoms. The van der Waals surface area contributed by atoms with Gasteiger partial charge < -0.3 is 9.84 Å². The van der Waals surface area contributed by atoms with Crippen molar-refractivity contribution < 1.29 is 9.84 Å². The van der Waals surface area contributed by atoms with Crippen molar-refractivity contribution in [1.29, 1.82) is 0 Å². The first-order valence-corrected chi connectivity index (χ1v) is 5.14. The second kappa shape index (κ2) is 5.55. The van der Waals surface area contributed by atoms with Crippen LogP contribution in [0.15, 0.2) is 0 Å². The maximum absolute atomic E-state index is 9.19. The van der Waals surface area contributed by atoms with E-state index in [1.807, 2.05) is 0 Å². The summed E-state index contributed by atoms with van der Waals surface area (Å²) in [5, 5.41) is 9.19. The van der Waals surface area contributed by atoms with Gasteiger partial charge in [-0.3, -0.25) is 0 Å². The monoisotopic (exact) mass is 172 g/mol. The molecule has 1 aliphatic heterocycles. The Hall–Kier alpha value is -0.0800. The molecular weight excluding hydrogens is 152 g/mol. The van der Waals surface area contributed by atoms with E-state index in [2.05, 4.69) is 6.92 Å². The normalized spacial score (nSPS) is 28.5. The van der Waals surface area contributed by atoms with E-state index in [-0.39, 0.29) is 12.2 Å². The molecule has 1 rings (SSSR count). The molecule has 12 heavy (non-hydrogen) atoms. The summed E-state index contributed by atoms with van der Waals surface area (Å²) >= 11 is 0. The molecule has 2 nitrogen and oxygen atoms in total. The zero-order chi connectivity index (χ0) is 8.81. The number of rotatable bonds is 6. The lowest BCUT2D eigenvalue weighted by atomic mass is 10.0. The summed E-state index contributed by atoms with van der Waals surface area (Å²) in [4.78, 5) is 0. The number of ether oxygens (including phenoxy) is 1. The van der Waals surface area contributed by atoms with Crippen LogP contribution in [-0.4, -0.2) is 23.9 Å². The van der Waals surface area contributed by atoms with Gasteiger partial charge in [-0.25, -0.2) is 0 Å². The molecule has 1 saturated heterocycles. The summed E-state index contributed by atoms with van der Waals surface area (Å²) in [7, 11) is 0. The highest BCUT2D eigenvalue weighted by molar-refractivity contribution is 4.77. The van der Waals surface area contributed by atoms with E-state index in [9.17, 15) is 5.11 Å². The van der Waals surface area contributed by atoms with Gasteiger partial charge >= 0.3 is 0 Å². The maximum atomic E-state index is 9.19. The SMILES string of the molecule is CCCCCCCC1OCC1O. The molecule has 0 amide bonds. The molecule has 1 N–H and O–H groups in total. The lowest BCUT2D eigenvalue weighted by Crippen LogP contribution is -2.44. The molecule has 2 unspecified atom stereocenters. The number of hydrogen-bond donors (Lipinski definition) is 1. The summed E-state index contributed by atoms with van der Waals surface area (Å²) in [6, 6.07) is 0. The van der Waals surface area contributed by atoms with Crippen LogP contribution in [0.3, 0.4) is 0 Å². The number of hydrogen-bond acceptors (Lipinski definition) is 2. The molecular formula is C10H20O2. The van der Waals surface area contributed by atoms with Crippen LogP contribution < -0.4 is 0 Å². The Morgan fingerprint density at radius 2 is 2.00 bits per heavy atom. The first-order chi connectivity index (χ1) is 5.84. The highest BCUT2D eigenvalue weighted by Gasteiger charge is 2.28. The van der Waals surface area contributed by atoms with Crippen molar-refractivity contribution in [1.82, 2.24) is 0 Å². The number of aliphatic hydroxyl groups excluding tert-OH is 1. The fourth-order valence-electron chi connectivity index (χ4n) is 1.54. The molecule has 1 aliphatic rings. The van der Waals surface area contributed by atoms with Gasteiger partial charge in [0.15, 0.2) is 0 Å². The van der Waals surface area contributed by atoms with Crippen molar-refractivity contribution in [2.24, 2.45) is 0 Å². The smallest absolute Gasteiger partial charge is 0.103 e. The predicted molar refractivity (Wildman–Crippen MR) is 49.1 cm³/mol. The van der Waals surface area contributed by atoms with Gasteiger partial charge in [-0.05, 0) is 6.42 Å². The molecule has 0 bridgehead atoms. The first-order valence-electron chi connectivity index (χ1n) is 5.14. The van der Waals surface area contributed by atoms with Gasteiger partial charge in [-0.15, -0.1) is 0 Å². The van der Waals surface area contributed by atoms with E-state index in [0.29, 0.717) is 6.61 Å². The van der Waals surface area contributed by atoms with Gasteiger partial charge in [-0.1, -0.05) is 39.0 Å². The van der Waals surface area contributed by atoms with Crippen LogP contribution in [0.5, 0.6) is 0 Å². The fourth-order valence-corrected chi connectivity index (χ4v) is 1.54. The topological polar surface area (TPSA) is 29.5 Å². The maximum Gasteiger partial charge on any atom is 0.103 e. The standard InChI is InChI=1S/C10H20O2/c1-2-3-4-5-6-7-10-9(11)8-12-10/h9-11H,2-8H2,1H3. The molecule has 2 atom stereocenters. The van der Waals surface area contributed by atoms with E-state index in [0.717, 1.165) is 6.42 Å². The van der Waals surface area contributed by atoms with Crippen molar-refractivity contribution in [3.8, 4) is 0 Å². The molecule has 72 valence electrons. The summed E-state index contributed by atoms with van der Waals surface area (Å²) in [6.45, 7) is 2.78. The first kappa shape index (κ1) is 10.0. The van der Waals surface area contributed by atoms with Gasteiger partial charge in [0.1, 0.15) is 6.10 Å². The van der Waals surface area contributed by atoms with Gasteiger partial charge in [0.25, 0.3) is 0 Å². The molecule has 0 aliphatic carbocycles. The van der Waals surface area contributed by atoms with Crippen molar-refractivity contribution in [2.45, 2.75) is 57.7 Å². The zero-order valence-electron chi connectivity index (χ0n) is 7.96. The third-order valence-corrected chi connectivity index (χ3v) is 2.50. The number of aliphatic hydroxyl groups is 1. The van der Waals surface area contributed by atoms with Crippen LogP contribution in [0.1, 0.15) is 45.4 Å². The predicted octanol–water partition coefficient (Wildman–Crippen LogP) is 2.11. The molecule has 1 heterocycles.